The molecule has 39 heavy (non-hydrogen) atoms. The van der Waals surface area contributed by atoms with Crippen molar-refractivity contribution in [1.82, 2.24) is 25.4 Å². The molecule has 0 radical (unpaired) electrons. The lowest BCUT2D eigenvalue weighted by Crippen LogP contribution is -2.30. The number of carbonyl (C=O) groups excluding carboxylic acids is 2. The van der Waals surface area contributed by atoms with E-state index in [4.69, 9.17) is 0 Å². The fourth-order valence-corrected chi connectivity index (χ4v) is 4.74. The van der Waals surface area contributed by atoms with E-state index in [1.165, 1.54) is 12.1 Å². The summed E-state index contributed by atoms with van der Waals surface area (Å²) in [5, 5.41) is 14.3. The quantitative estimate of drug-likeness (QED) is 0.284. The number of hydrogen-bond donors (Lipinski definition) is 3. The number of halogens is 1. The van der Waals surface area contributed by atoms with Crippen LogP contribution in [0.1, 0.15) is 34.8 Å². The molecule has 4 aromatic rings. The molecule has 0 saturated carbocycles. The molecule has 3 N–H and O–H groups in total. The number of H-pyrrole nitrogens is 1. The van der Waals surface area contributed by atoms with Crippen LogP contribution in [0.3, 0.4) is 0 Å². The number of aromatic amines is 1. The Morgan fingerprint density at radius 1 is 1.18 bits per heavy atom. The van der Waals surface area contributed by atoms with Gasteiger partial charge < -0.3 is 15.5 Å². The molecule has 0 bridgehead atoms. The van der Waals surface area contributed by atoms with Gasteiger partial charge in [0.2, 0.25) is 5.91 Å². The first-order valence-electron chi connectivity index (χ1n) is 12.7. The Kier molecular flexibility index (Phi) is 7.23. The second kappa shape index (κ2) is 10.9. The number of rotatable bonds is 8. The molecule has 198 valence electrons. The number of amides is 2. The van der Waals surface area contributed by atoms with Crippen molar-refractivity contribution in [2.75, 3.05) is 18.4 Å². The van der Waals surface area contributed by atoms with Gasteiger partial charge in [0, 0.05) is 43.0 Å². The van der Waals surface area contributed by atoms with E-state index >= 15 is 4.39 Å². The lowest BCUT2D eigenvalue weighted by Gasteiger charge is -2.15. The molecule has 0 spiro atoms. The molecule has 2 aromatic heterocycles. The number of fused-ring (bicyclic) bond motifs is 1. The van der Waals surface area contributed by atoms with Gasteiger partial charge in [-0.05, 0) is 60.4 Å². The Hall–Kier alpha value is -4.79. The lowest BCUT2D eigenvalue weighted by atomic mass is 10.0. The fourth-order valence-electron chi connectivity index (χ4n) is 4.74. The number of nitrogens with zero attached hydrogens (tertiary/aromatic N) is 3. The lowest BCUT2D eigenvalue weighted by molar-refractivity contribution is -0.125. The summed E-state index contributed by atoms with van der Waals surface area (Å²) in [7, 11) is 0. The van der Waals surface area contributed by atoms with E-state index in [1.54, 1.807) is 29.3 Å². The maximum Gasteiger partial charge on any atom is 0.251 e. The first-order valence-corrected chi connectivity index (χ1v) is 12.7. The SMILES string of the molecule is C=CC(=O)N1CC[C@@H](Nc2n[nH]c3nccc(-c4ccc(CNC(=O)c5ccc(C(=C)C)cc5)c(F)c4)c23)C1. The third-order valence-corrected chi connectivity index (χ3v) is 6.92. The molecule has 2 aromatic carbocycles. The monoisotopic (exact) mass is 524 g/mol. The number of anilines is 1. The molecule has 1 aliphatic rings. The number of likely N-dealkylation sites (tertiary alicyclic amines) is 1. The molecule has 0 unspecified atom stereocenters. The third-order valence-electron chi connectivity index (χ3n) is 6.92. The minimum absolute atomic E-state index is 0.0215. The fraction of sp³-hybridized carbons (Fsp3) is 0.200. The summed E-state index contributed by atoms with van der Waals surface area (Å²) in [4.78, 5) is 30.6. The van der Waals surface area contributed by atoms with Crippen molar-refractivity contribution >= 4 is 34.2 Å². The van der Waals surface area contributed by atoms with Crippen LogP contribution in [0.5, 0.6) is 0 Å². The highest BCUT2D eigenvalue weighted by Gasteiger charge is 2.26. The highest BCUT2D eigenvalue weighted by molar-refractivity contribution is 6.00. The zero-order chi connectivity index (χ0) is 27.5. The predicted octanol–water partition coefficient (Wildman–Crippen LogP) is 4.93. The molecule has 5 rings (SSSR count). The van der Waals surface area contributed by atoms with Crippen molar-refractivity contribution in [1.29, 1.82) is 0 Å². The van der Waals surface area contributed by atoms with E-state index in [0.29, 0.717) is 41.2 Å². The van der Waals surface area contributed by atoms with Gasteiger partial charge in [-0.15, -0.1) is 0 Å². The van der Waals surface area contributed by atoms with Gasteiger partial charge in [0.05, 0.1) is 5.39 Å². The van der Waals surface area contributed by atoms with Crippen molar-refractivity contribution < 1.29 is 14.0 Å². The zero-order valence-corrected chi connectivity index (χ0v) is 21.6. The maximum atomic E-state index is 15.2. The summed E-state index contributed by atoms with van der Waals surface area (Å²) in [6, 6.07) is 13.9. The molecule has 2 amide bonds. The summed E-state index contributed by atoms with van der Waals surface area (Å²) >= 11 is 0. The number of carbonyl (C=O) groups is 2. The predicted molar refractivity (Wildman–Crippen MR) is 150 cm³/mol. The number of pyridine rings is 1. The molecular formula is C30H29FN6O2. The minimum Gasteiger partial charge on any atom is -0.363 e. The molecule has 1 atom stereocenters. The van der Waals surface area contributed by atoms with Crippen molar-refractivity contribution in [2.45, 2.75) is 25.9 Å². The van der Waals surface area contributed by atoms with Crippen molar-refractivity contribution in [2.24, 2.45) is 0 Å². The number of aromatic nitrogens is 3. The van der Waals surface area contributed by atoms with Gasteiger partial charge in [-0.1, -0.05) is 43.0 Å². The van der Waals surface area contributed by atoms with Crippen molar-refractivity contribution in [3.05, 3.63) is 96.5 Å². The van der Waals surface area contributed by atoms with Gasteiger partial charge in [-0.2, -0.15) is 5.10 Å². The van der Waals surface area contributed by atoms with Gasteiger partial charge in [-0.25, -0.2) is 9.37 Å². The van der Waals surface area contributed by atoms with Crippen LogP contribution in [-0.2, 0) is 11.3 Å². The van der Waals surface area contributed by atoms with E-state index < -0.39 is 5.82 Å². The average molecular weight is 525 g/mol. The van der Waals surface area contributed by atoms with E-state index in [0.717, 1.165) is 28.5 Å². The van der Waals surface area contributed by atoms with Crippen LogP contribution in [0.2, 0.25) is 0 Å². The Morgan fingerprint density at radius 2 is 1.95 bits per heavy atom. The minimum atomic E-state index is -0.428. The van der Waals surface area contributed by atoms with Crippen LogP contribution >= 0.6 is 0 Å². The number of nitrogens with one attached hydrogen (secondary N) is 3. The Labute approximate surface area is 225 Å². The summed E-state index contributed by atoms with van der Waals surface area (Å²) in [5.41, 5.74) is 4.74. The van der Waals surface area contributed by atoms with E-state index in [1.807, 2.05) is 31.2 Å². The summed E-state index contributed by atoms with van der Waals surface area (Å²) in [5.74, 6) is -0.207. The van der Waals surface area contributed by atoms with Crippen molar-refractivity contribution in [3.63, 3.8) is 0 Å². The standard InChI is InChI=1S/C30H29FN6O2/c1-4-26(38)37-14-12-23(17-37)34-29-27-24(11-13-32-28(27)35-36-29)21-9-10-22(25(31)15-21)16-33-30(39)20-7-5-19(6-8-20)18(2)3/h4-11,13,15,23H,1-2,12,14,16-17H2,3H3,(H,33,39)(H2,32,34,35,36)/t23-/m1/s1. The zero-order valence-electron chi connectivity index (χ0n) is 21.6. The van der Waals surface area contributed by atoms with Crippen LogP contribution in [0, 0.1) is 5.82 Å². The molecule has 1 aliphatic heterocycles. The largest absolute Gasteiger partial charge is 0.363 e. The Morgan fingerprint density at radius 3 is 2.67 bits per heavy atom. The topological polar surface area (TPSA) is 103 Å². The van der Waals surface area contributed by atoms with Crippen LogP contribution < -0.4 is 10.6 Å². The molecule has 1 fully saturated rings. The van der Waals surface area contributed by atoms with Crippen LogP contribution in [0.15, 0.2) is 74.0 Å². The molecular weight excluding hydrogens is 495 g/mol. The van der Waals surface area contributed by atoms with E-state index in [9.17, 15) is 9.59 Å². The van der Waals surface area contributed by atoms with E-state index in [-0.39, 0.29) is 24.4 Å². The summed E-state index contributed by atoms with van der Waals surface area (Å²) in [6.45, 7) is 10.6. The third kappa shape index (κ3) is 5.43. The van der Waals surface area contributed by atoms with Gasteiger partial charge in [-0.3, -0.25) is 14.7 Å². The molecule has 1 saturated heterocycles. The molecule has 0 aliphatic carbocycles. The maximum absolute atomic E-state index is 15.2. The summed E-state index contributed by atoms with van der Waals surface area (Å²) in [6.07, 6.45) is 3.74. The molecule has 3 heterocycles. The molecule has 9 heteroatoms. The van der Waals surface area contributed by atoms with Gasteiger partial charge in [0.25, 0.3) is 5.91 Å². The second-order valence-electron chi connectivity index (χ2n) is 9.62. The van der Waals surface area contributed by atoms with Crippen LogP contribution in [-0.4, -0.2) is 51.0 Å². The van der Waals surface area contributed by atoms with Crippen LogP contribution in [0.4, 0.5) is 10.2 Å². The Balaban J connectivity index is 1.32. The average Bonchev–Trinajstić information content (AvgIpc) is 3.59. The summed E-state index contributed by atoms with van der Waals surface area (Å²) < 4.78 is 15.2. The second-order valence-corrected chi connectivity index (χ2v) is 9.62. The number of allylic oxidation sites excluding steroid dienone is 1. The van der Waals surface area contributed by atoms with Gasteiger partial charge in [0.15, 0.2) is 11.5 Å². The smallest absolute Gasteiger partial charge is 0.251 e. The first-order chi connectivity index (χ1) is 18.8. The first kappa shape index (κ1) is 25.8. The normalized spacial score (nSPS) is 14.8. The van der Waals surface area contributed by atoms with Gasteiger partial charge in [0.1, 0.15) is 5.82 Å². The van der Waals surface area contributed by atoms with E-state index in [2.05, 4.69) is 39.0 Å². The van der Waals surface area contributed by atoms with Gasteiger partial charge >= 0.3 is 0 Å². The highest BCUT2D eigenvalue weighted by atomic mass is 19.1. The highest BCUT2D eigenvalue weighted by Crippen LogP contribution is 2.33. The van der Waals surface area contributed by atoms with Crippen molar-refractivity contribution in [3.8, 4) is 11.1 Å². The van der Waals surface area contributed by atoms with Crippen LogP contribution in [0.25, 0.3) is 27.7 Å². The number of hydrogen-bond acceptors (Lipinski definition) is 5. The molecule has 8 nitrogen and oxygen atoms in total. The Bertz CT molecular complexity index is 1580. The number of benzene rings is 2.